The van der Waals surface area contributed by atoms with Crippen LogP contribution in [-0.2, 0) is 4.74 Å². The first kappa shape index (κ1) is 15.3. The Morgan fingerprint density at radius 2 is 1.94 bits per heavy atom. The van der Waals surface area contributed by atoms with Gasteiger partial charge in [0.1, 0.15) is 5.75 Å². The highest BCUT2D eigenvalue weighted by atomic mass is 35.5. The molecular weight excluding hydrogens is 250 g/mol. The van der Waals surface area contributed by atoms with Crippen LogP contribution in [0, 0.1) is 0 Å². The van der Waals surface area contributed by atoms with E-state index in [1.54, 1.807) is 13.2 Å². The summed E-state index contributed by atoms with van der Waals surface area (Å²) in [6, 6.07) is 7.97. The lowest BCUT2D eigenvalue weighted by molar-refractivity contribution is 0.0238. The summed E-state index contributed by atoms with van der Waals surface area (Å²) in [5.74, 6) is 0.794. The van der Waals surface area contributed by atoms with Crippen LogP contribution >= 0.6 is 11.6 Å². The molecule has 3 nitrogen and oxygen atoms in total. The zero-order valence-corrected chi connectivity index (χ0v) is 12.1. The van der Waals surface area contributed by atoms with E-state index in [-0.39, 0.29) is 0 Å². The number of halogens is 1. The number of nitrogens with zero attached hydrogens (tertiary/aromatic N) is 1. The van der Waals surface area contributed by atoms with Gasteiger partial charge in [-0.3, -0.25) is 4.90 Å². The molecule has 0 amide bonds. The minimum Gasteiger partial charge on any atom is -0.497 e. The molecule has 1 fully saturated rings. The van der Waals surface area contributed by atoms with Gasteiger partial charge in [-0.2, -0.15) is 0 Å². The minimum atomic E-state index is 0.689. The van der Waals surface area contributed by atoms with E-state index in [4.69, 9.17) is 21.1 Å². The first-order chi connectivity index (χ1) is 8.63. The normalized spacial score (nSPS) is 16.1. The molecule has 0 radical (unpaired) electrons. The van der Waals surface area contributed by atoms with Crippen molar-refractivity contribution in [2.75, 3.05) is 33.4 Å². The highest BCUT2D eigenvalue weighted by molar-refractivity contribution is 6.30. The molecule has 0 saturated carbocycles. The third-order valence-corrected chi connectivity index (χ3v) is 3.04. The van der Waals surface area contributed by atoms with Crippen molar-refractivity contribution in [1.29, 1.82) is 0 Å². The van der Waals surface area contributed by atoms with Crippen molar-refractivity contribution < 1.29 is 9.47 Å². The van der Waals surface area contributed by atoms with E-state index in [0.29, 0.717) is 11.1 Å². The van der Waals surface area contributed by atoms with Crippen LogP contribution in [-0.4, -0.2) is 44.4 Å². The fourth-order valence-corrected chi connectivity index (χ4v) is 1.87. The Bertz CT molecular complexity index is 338. The van der Waals surface area contributed by atoms with E-state index >= 15 is 0 Å². The third kappa shape index (κ3) is 5.71. The molecule has 0 aromatic heterocycles. The molecular formula is C14H22ClNO2. The van der Waals surface area contributed by atoms with Gasteiger partial charge in [-0.1, -0.05) is 17.7 Å². The first-order valence-corrected chi connectivity index (χ1v) is 6.62. The van der Waals surface area contributed by atoms with Gasteiger partial charge in [0.2, 0.25) is 0 Å². The molecule has 0 bridgehead atoms. The predicted octanol–water partition coefficient (Wildman–Crippen LogP) is 3.08. The van der Waals surface area contributed by atoms with E-state index in [2.05, 4.69) is 18.7 Å². The van der Waals surface area contributed by atoms with Crippen molar-refractivity contribution in [3.63, 3.8) is 0 Å². The lowest BCUT2D eigenvalue weighted by Gasteiger charge is -2.29. The van der Waals surface area contributed by atoms with Crippen molar-refractivity contribution in [2.45, 2.75) is 19.9 Å². The Balaban J connectivity index is 0.000000180. The molecule has 1 heterocycles. The summed E-state index contributed by atoms with van der Waals surface area (Å²) in [6.07, 6.45) is 0. The minimum absolute atomic E-state index is 0.689. The van der Waals surface area contributed by atoms with E-state index < -0.39 is 0 Å². The standard InChI is InChI=1S/C7H7ClO.C7H15NO/c1-9-7-4-2-3-6(8)5-7;1-7(2)8-3-5-9-6-4-8/h2-5H,1H3;7H,3-6H2,1-2H3. The topological polar surface area (TPSA) is 21.7 Å². The van der Waals surface area contributed by atoms with Crippen LogP contribution in [0.2, 0.25) is 5.02 Å². The smallest absolute Gasteiger partial charge is 0.120 e. The molecule has 1 aromatic carbocycles. The fourth-order valence-electron chi connectivity index (χ4n) is 1.69. The van der Waals surface area contributed by atoms with Crippen molar-refractivity contribution in [3.8, 4) is 5.75 Å². The molecule has 102 valence electrons. The van der Waals surface area contributed by atoms with Crippen LogP contribution in [0.4, 0.5) is 0 Å². The van der Waals surface area contributed by atoms with Crippen LogP contribution in [0.25, 0.3) is 0 Å². The molecule has 1 aliphatic heterocycles. The maximum Gasteiger partial charge on any atom is 0.120 e. The largest absolute Gasteiger partial charge is 0.497 e. The monoisotopic (exact) mass is 271 g/mol. The Morgan fingerprint density at radius 1 is 1.28 bits per heavy atom. The summed E-state index contributed by atoms with van der Waals surface area (Å²) < 4.78 is 10.1. The van der Waals surface area contributed by atoms with Gasteiger partial charge in [0.05, 0.1) is 20.3 Å². The zero-order valence-electron chi connectivity index (χ0n) is 11.4. The van der Waals surface area contributed by atoms with Crippen molar-refractivity contribution in [1.82, 2.24) is 4.90 Å². The number of methoxy groups -OCH3 is 1. The molecule has 18 heavy (non-hydrogen) atoms. The van der Waals surface area contributed by atoms with Gasteiger partial charge in [-0.25, -0.2) is 0 Å². The molecule has 1 aromatic rings. The van der Waals surface area contributed by atoms with Gasteiger partial charge in [-0.05, 0) is 32.0 Å². The lowest BCUT2D eigenvalue weighted by Crippen LogP contribution is -2.40. The third-order valence-electron chi connectivity index (χ3n) is 2.81. The van der Waals surface area contributed by atoms with Crippen LogP contribution < -0.4 is 4.74 Å². The van der Waals surface area contributed by atoms with Crippen molar-refractivity contribution >= 4 is 11.6 Å². The quantitative estimate of drug-likeness (QED) is 0.825. The average Bonchev–Trinajstić information content (AvgIpc) is 2.40. The van der Waals surface area contributed by atoms with Crippen molar-refractivity contribution in [3.05, 3.63) is 29.3 Å². The highest BCUT2D eigenvalue weighted by Crippen LogP contribution is 2.15. The Hall–Kier alpha value is -0.770. The van der Waals surface area contributed by atoms with Gasteiger partial charge < -0.3 is 9.47 Å². The van der Waals surface area contributed by atoms with E-state index in [0.717, 1.165) is 32.1 Å². The first-order valence-electron chi connectivity index (χ1n) is 6.25. The highest BCUT2D eigenvalue weighted by Gasteiger charge is 2.11. The summed E-state index contributed by atoms with van der Waals surface area (Å²) >= 11 is 5.64. The molecule has 0 atom stereocenters. The fraction of sp³-hybridized carbons (Fsp3) is 0.571. The second-order valence-electron chi connectivity index (χ2n) is 4.40. The zero-order chi connectivity index (χ0) is 13.4. The molecule has 0 aliphatic carbocycles. The van der Waals surface area contributed by atoms with Gasteiger partial charge in [0.15, 0.2) is 0 Å². The molecule has 1 aliphatic rings. The number of benzene rings is 1. The number of ether oxygens (including phenoxy) is 2. The maximum absolute atomic E-state index is 5.64. The predicted molar refractivity (Wildman–Crippen MR) is 75.5 cm³/mol. The second-order valence-corrected chi connectivity index (χ2v) is 4.84. The average molecular weight is 272 g/mol. The molecule has 0 N–H and O–H groups in total. The van der Waals surface area contributed by atoms with Gasteiger partial charge in [0.25, 0.3) is 0 Å². The molecule has 1 saturated heterocycles. The van der Waals surface area contributed by atoms with Crippen LogP contribution in [0.1, 0.15) is 13.8 Å². The number of morpholine rings is 1. The summed E-state index contributed by atoms with van der Waals surface area (Å²) in [5.41, 5.74) is 0. The Labute approximate surface area is 115 Å². The SMILES string of the molecule is CC(C)N1CCOCC1.COc1cccc(Cl)c1. The summed E-state index contributed by atoms with van der Waals surface area (Å²) in [4.78, 5) is 2.43. The van der Waals surface area contributed by atoms with Gasteiger partial charge in [-0.15, -0.1) is 0 Å². The Kier molecular flexibility index (Phi) is 7.09. The van der Waals surface area contributed by atoms with E-state index in [9.17, 15) is 0 Å². The Morgan fingerprint density at radius 3 is 2.33 bits per heavy atom. The molecule has 2 rings (SSSR count). The van der Waals surface area contributed by atoms with Crippen LogP contribution in [0.3, 0.4) is 0 Å². The van der Waals surface area contributed by atoms with Crippen LogP contribution in [0.15, 0.2) is 24.3 Å². The molecule has 4 heteroatoms. The number of hydrogen-bond acceptors (Lipinski definition) is 3. The number of rotatable bonds is 2. The van der Waals surface area contributed by atoms with Crippen molar-refractivity contribution in [2.24, 2.45) is 0 Å². The van der Waals surface area contributed by atoms with Gasteiger partial charge in [0, 0.05) is 24.2 Å². The summed E-state index contributed by atoms with van der Waals surface area (Å²) in [5, 5.41) is 0.703. The lowest BCUT2D eigenvalue weighted by atomic mass is 10.3. The van der Waals surface area contributed by atoms with E-state index in [1.807, 2.05) is 18.2 Å². The maximum atomic E-state index is 5.64. The molecule has 0 unspecified atom stereocenters. The summed E-state index contributed by atoms with van der Waals surface area (Å²) in [6.45, 7) is 8.50. The van der Waals surface area contributed by atoms with Gasteiger partial charge >= 0.3 is 0 Å². The van der Waals surface area contributed by atoms with E-state index in [1.165, 1.54) is 0 Å². The summed E-state index contributed by atoms with van der Waals surface area (Å²) in [7, 11) is 1.62. The van der Waals surface area contributed by atoms with Crippen LogP contribution in [0.5, 0.6) is 5.75 Å². The second kappa shape index (κ2) is 8.35. The number of hydrogen-bond donors (Lipinski definition) is 0. The molecule has 0 spiro atoms.